The van der Waals surface area contributed by atoms with E-state index in [1.807, 2.05) is 36.3 Å². The lowest BCUT2D eigenvalue weighted by atomic mass is 10.1. The molecule has 0 saturated carbocycles. The zero-order chi connectivity index (χ0) is 19.1. The highest BCUT2D eigenvalue weighted by Gasteiger charge is 2.25. The van der Waals surface area contributed by atoms with Crippen LogP contribution in [0, 0.1) is 0 Å². The number of guanidine groups is 1. The average molecular weight is 518 g/mol. The molecular formula is C20H29ClIN5O. The maximum atomic E-state index is 5.94. The lowest BCUT2D eigenvalue weighted by Crippen LogP contribution is -2.48. The third kappa shape index (κ3) is 6.63. The molecule has 0 radical (unpaired) electrons. The molecule has 0 aliphatic carbocycles. The van der Waals surface area contributed by atoms with E-state index in [1.165, 1.54) is 5.56 Å². The predicted octanol–water partition coefficient (Wildman–Crippen LogP) is 3.66. The quantitative estimate of drug-likeness (QED) is 0.275. The highest BCUT2D eigenvalue weighted by Crippen LogP contribution is 2.21. The maximum Gasteiger partial charge on any atom is 0.194 e. The van der Waals surface area contributed by atoms with E-state index in [4.69, 9.17) is 21.3 Å². The Balaban J connectivity index is 0.00000280. The Labute approximate surface area is 189 Å². The normalized spacial score (nSPS) is 17.3. The van der Waals surface area contributed by atoms with Crippen molar-refractivity contribution >= 4 is 41.5 Å². The molecule has 1 fully saturated rings. The lowest BCUT2D eigenvalue weighted by molar-refractivity contribution is -0.00804. The van der Waals surface area contributed by atoms with Crippen molar-refractivity contribution in [2.45, 2.75) is 25.9 Å². The fourth-order valence-electron chi connectivity index (χ4n) is 3.19. The van der Waals surface area contributed by atoms with Gasteiger partial charge in [0, 0.05) is 43.5 Å². The first-order valence-electron chi connectivity index (χ1n) is 9.53. The van der Waals surface area contributed by atoms with Gasteiger partial charge in [0.2, 0.25) is 0 Å². The van der Waals surface area contributed by atoms with Gasteiger partial charge in [-0.25, -0.2) is 0 Å². The zero-order valence-corrected chi connectivity index (χ0v) is 19.6. The summed E-state index contributed by atoms with van der Waals surface area (Å²) in [6.07, 6.45) is 5.94. The zero-order valence-electron chi connectivity index (χ0n) is 16.5. The van der Waals surface area contributed by atoms with Crippen LogP contribution in [0.15, 0.2) is 41.7 Å². The summed E-state index contributed by atoms with van der Waals surface area (Å²) in [5.41, 5.74) is 2.41. The third-order valence-corrected chi connectivity index (χ3v) is 4.85. The molecule has 0 spiro atoms. The Morgan fingerprint density at radius 1 is 1.36 bits per heavy atom. The molecule has 6 nitrogen and oxygen atoms in total. The molecule has 1 aromatic heterocycles. The highest BCUT2D eigenvalue weighted by molar-refractivity contribution is 14.0. The third-order valence-electron chi connectivity index (χ3n) is 4.60. The fraction of sp³-hybridized carbons (Fsp3) is 0.500. The summed E-state index contributed by atoms with van der Waals surface area (Å²) in [7, 11) is 1.93. The average Bonchev–Trinajstić information content (AvgIpc) is 3.12. The number of halogens is 2. The summed E-state index contributed by atoms with van der Waals surface area (Å²) >= 11 is 5.94. The van der Waals surface area contributed by atoms with Crippen molar-refractivity contribution in [2.75, 3.05) is 32.8 Å². The van der Waals surface area contributed by atoms with E-state index < -0.39 is 0 Å². The molecule has 2 heterocycles. The van der Waals surface area contributed by atoms with Gasteiger partial charge in [0.25, 0.3) is 0 Å². The largest absolute Gasteiger partial charge is 0.370 e. The molecule has 3 rings (SSSR count). The van der Waals surface area contributed by atoms with Gasteiger partial charge < -0.3 is 15.0 Å². The minimum atomic E-state index is 0. The van der Waals surface area contributed by atoms with E-state index in [0.29, 0.717) is 6.61 Å². The summed E-state index contributed by atoms with van der Waals surface area (Å²) < 4.78 is 7.75. The summed E-state index contributed by atoms with van der Waals surface area (Å²) in [5.74, 6) is 0.964. The highest BCUT2D eigenvalue weighted by atomic mass is 127. The standard InChI is InChI=1S/C20H28ClN5O.HI/c1-3-22-20(23-10-4-5-16-6-8-18(21)9-7-16)26-11-12-27-19(15-26)17-13-24-25(2)14-17;/h6-9,13-14,19H,3-5,10-12,15H2,1-2H3,(H,22,23);1H. The van der Waals surface area contributed by atoms with E-state index in [1.54, 1.807) is 0 Å². The molecule has 1 N–H and O–H groups in total. The number of ether oxygens (including phenoxy) is 1. The van der Waals surface area contributed by atoms with Gasteiger partial charge in [-0.1, -0.05) is 23.7 Å². The van der Waals surface area contributed by atoms with Crippen LogP contribution in [0.3, 0.4) is 0 Å². The van der Waals surface area contributed by atoms with E-state index >= 15 is 0 Å². The molecule has 1 atom stereocenters. The second kappa shape index (κ2) is 11.6. The number of rotatable bonds is 6. The molecule has 1 aliphatic heterocycles. The molecular weight excluding hydrogens is 489 g/mol. The molecule has 1 aliphatic rings. The van der Waals surface area contributed by atoms with Crippen molar-refractivity contribution in [2.24, 2.45) is 12.0 Å². The van der Waals surface area contributed by atoms with Crippen LogP contribution in [-0.2, 0) is 18.2 Å². The monoisotopic (exact) mass is 517 g/mol. The van der Waals surface area contributed by atoms with E-state index in [0.717, 1.165) is 55.6 Å². The van der Waals surface area contributed by atoms with E-state index in [9.17, 15) is 0 Å². The Morgan fingerprint density at radius 2 is 2.14 bits per heavy atom. The molecule has 2 aromatic rings. The molecule has 1 aromatic carbocycles. The van der Waals surface area contributed by atoms with Crippen molar-refractivity contribution in [3.05, 3.63) is 52.8 Å². The smallest absolute Gasteiger partial charge is 0.194 e. The van der Waals surface area contributed by atoms with Gasteiger partial charge in [-0.3, -0.25) is 9.67 Å². The summed E-state index contributed by atoms with van der Waals surface area (Å²) in [5, 5.41) is 8.45. The van der Waals surface area contributed by atoms with E-state index in [2.05, 4.69) is 34.4 Å². The Bertz CT molecular complexity index is 749. The summed E-state index contributed by atoms with van der Waals surface area (Å²) in [6.45, 7) is 6.07. The van der Waals surface area contributed by atoms with E-state index in [-0.39, 0.29) is 30.1 Å². The topological polar surface area (TPSA) is 54.7 Å². The van der Waals surface area contributed by atoms with Crippen molar-refractivity contribution in [3.8, 4) is 0 Å². The predicted molar refractivity (Wildman–Crippen MR) is 125 cm³/mol. The number of aromatic nitrogens is 2. The van der Waals surface area contributed by atoms with Gasteiger partial charge in [-0.15, -0.1) is 24.0 Å². The van der Waals surface area contributed by atoms with Crippen molar-refractivity contribution in [1.29, 1.82) is 0 Å². The minimum absolute atomic E-state index is 0. The number of aryl methyl sites for hydroxylation is 2. The Kier molecular flexibility index (Phi) is 9.53. The van der Waals surface area contributed by atoms with Crippen LogP contribution in [0.4, 0.5) is 0 Å². The number of hydrogen-bond acceptors (Lipinski definition) is 3. The molecule has 0 amide bonds. The summed E-state index contributed by atoms with van der Waals surface area (Å²) in [6, 6.07) is 8.04. The van der Waals surface area contributed by atoms with Gasteiger partial charge in [-0.05, 0) is 37.5 Å². The van der Waals surface area contributed by atoms with Gasteiger partial charge in [0.15, 0.2) is 5.96 Å². The number of nitrogens with one attached hydrogen (secondary N) is 1. The van der Waals surface area contributed by atoms with Crippen LogP contribution in [0.25, 0.3) is 0 Å². The molecule has 1 saturated heterocycles. The van der Waals surface area contributed by atoms with Crippen LogP contribution in [0.1, 0.15) is 30.6 Å². The molecule has 0 bridgehead atoms. The van der Waals surface area contributed by atoms with Crippen LogP contribution in [0.5, 0.6) is 0 Å². The molecule has 28 heavy (non-hydrogen) atoms. The van der Waals surface area contributed by atoms with Gasteiger partial charge in [0.05, 0.1) is 19.3 Å². The first kappa shape index (κ1) is 23.0. The second-order valence-electron chi connectivity index (χ2n) is 6.72. The SMILES string of the molecule is CCNC(=NCCCc1ccc(Cl)cc1)N1CCOC(c2cnn(C)c2)C1.I. The summed E-state index contributed by atoms with van der Waals surface area (Å²) in [4.78, 5) is 7.12. The van der Waals surface area contributed by atoms with Crippen molar-refractivity contribution in [1.82, 2.24) is 20.0 Å². The number of benzene rings is 1. The first-order valence-corrected chi connectivity index (χ1v) is 9.91. The maximum absolute atomic E-state index is 5.94. The van der Waals surface area contributed by atoms with Crippen LogP contribution in [-0.4, -0.2) is 53.4 Å². The number of hydrogen-bond donors (Lipinski definition) is 1. The van der Waals surface area contributed by atoms with Crippen molar-refractivity contribution < 1.29 is 4.74 Å². The van der Waals surface area contributed by atoms with Crippen LogP contribution in [0.2, 0.25) is 5.02 Å². The minimum Gasteiger partial charge on any atom is -0.370 e. The lowest BCUT2D eigenvalue weighted by Gasteiger charge is -2.34. The van der Waals surface area contributed by atoms with Crippen LogP contribution < -0.4 is 5.32 Å². The van der Waals surface area contributed by atoms with Gasteiger partial charge in [-0.2, -0.15) is 5.10 Å². The first-order chi connectivity index (χ1) is 13.2. The van der Waals surface area contributed by atoms with Gasteiger partial charge in [0.1, 0.15) is 6.10 Å². The second-order valence-corrected chi connectivity index (χ2v) is 7.15. The number of morpholine rings is 1. The molecule has 1 unspecified atom stereocenters. The molecule has 8 heteroatoms. The molecule has 154 valence electrons. The van der Waals surface area contributed by atoms with Crippen molar-refractivity contribution in [3.63, 3.8) is 0 Å². The Hall–Kier alpha value is -1.32. The Morgan fingerprint density at radius 3 is 2.82 bits per heavy atom. The van der Waals surface area contributed by atoms with Gasteiger partial charge >= 0.3 is 0 Å². The van der Waals surface area contributed by atoms with Crippen LogP contribution >= 0.6 is 35.6 Å². The number of aliphatic imine (C=N–C) groups is 1. The number of nitrogens with zero attached hydrogens (tertiary/aromatic N) is 4. The fourth-order valence-corrected chi connectivity index (χ4v) is 3.32.